The molecule has 3 aromatic rings. The number of rotatable bonds is 5. The highest BCUT2D eigenvalue weighted by atomic mass is 32.2. The average Bonchev–Trinajstić information content (AvgIpc) is 2.81. The Morgan fingerprint density at radius 3 is 2.08 bits per heavy atom. The molecular weight excluding hydrogens is 521 g/mol. The molecule has 3 rings (SSSR count). The zero-order chi connectivity index (χ0) is 26.7. The van der Waals surface area contributed by atoms with Gasteiger partial charge in [0.15, 0.2) is 0 Å². The fourth-order valence-corrected chi connectivity index (χ4v) is 5.32. The average molecular weight is 539 g/mol. The van der Waals surface area contributed by atoms with Crippen LogP contribution in [-0.2, 0) is 26.2 Å². The third-order valence-electron chi connectivity index (χ3n) is 4.69. The Hall–Kier alpha value is -3.86. The van der Waals surface area contributed by atoms with Gasteiger partial charge >= 0.3 is 6.18 Å². The maximum Gasteiger partial charge on any atom is 0.416 e. The molecule has 3 N–H and O–H groups in total. The van der Waals surface area contributed by atoms with Crippen LogP contribution >= 0.6 is 0 Å². The zero-order valence-electron chi connectivity index (χ0n) is 18.3. The lowest BCUT2D eigenvalue weighted by Crippen LogP contribution is -2.32. The van der Waals surface area contributed by atoms with Gasteiger partial charge in [0, 0.05) is 11.1 Å². The van der Waals surface area contributed by atoms with Gasteiger partial charge in [-0.05, 0) is 54.6 Å². The molecule has 36 heavy (non-hydrogen) atoms. The molecule has 8 nitrogen and oxygen atoms in total. The standard InChI is InChI=1S/C23H17F3N2O6S2/c1-34-19-14-17(11-10-16(19)9-6-15-7-12-18(13-8-15)23(24,25)26)22(29)28-36(32,33)21-5-3-2-4-20(21)35(27,30)31/h2-5,7-8,10-14H,1H3,(H,28,29)(H2,27,30,31). The quantitative estimate of drug-likeness (QED) is 0.480. The van der Waals surface area contributed by atoms with E-state index in [2.05, 4.69) is 11.8 Å². The van der Waals surface area contributed by atoms with Crippen molar-refractivity contribution in [3.63, 3.8) is 0 Å². The summed E-state index contributed by atoms with van der Waals surface area (Å²) >= 11 is 0. The van der Waals surface area contributed by atoms with E-state index in [1.807, 2.05) is 0 Å². The number of benzene rings is 3. The predicted molar refractivity (Wildman–Crippen MR) is 123 cm³/mol. The van der Waals surface area contributed by atoms with Crippen LogP contribution in [0.4, 0.5) is 13.2 Å². The Kier molecular flexibility index (Phi) is 7.44. The van der Waals surface area contributed by atoms with Crippen molar-refractivity contribution in [2.45, 2.75) is 16.0 Å². The number of carbonyl (C=O) groups is 1. The van der Waals surface area contributed by atoms with Gasteiger partial charge in [-0.3, -0.25) is 4.79 Å². The number of alkyl halides is 3. The van der Waals surface area contributed by atoms with Crippen molar-refractivity contribution in [1.29, 1.82) is 0 Å². The number of nitrogens with one attached hydrogen (secondary N) is 1. The largest absolute Gasteiger partial charge is 0.495 e. The van der Waals surface area contributed by atoms with E-state index in [1.54, 1.807) is 4.72 Å². The van der Waals surface area contributed by atoms with Crippen molar-refractivity contribution in [1.82, 2.24) is 4.72 Å². The van der Waals surface area contributed by atoms with Crippen molar-refractivity contribution in [3.8, 4) is 17.6 Å². The number of halogens is 3. The molecule has 0 spiro atoms. The van der Waals surface area contributed by atoms with E-state index < -0.39 is 47.5 Å². The van der Waals surface area contributed by atoms with Crippen LogP contribution in [0.15, 0.2) is 76.5 Å². The first-order valence-corrected chi connectivity index (χ1v) is 12.8. The molecule has 13 heteroatoms. The molecule has 0 aliphatic carbocycles. The normalized spacial score (nSPS) is 11.8. The van der Waals surface area contributed by atoms with Gasteiger partial charge in [0.2, 0.25) is 10.0 Å². The lowest BCUT2D eigenvalue weighted by molar-refractivity contribution is -0.137. The Labute approximate surface area is 205 Å². The molecule has 0 heterocycles. The number of hydrogen-bond donors (Lipinski definition) is 2. The highest BCUT2D eigenvalue weighted by Gasteiger charge is 2.30. The zero-order valence-corrected chi connectivity index (χ0v) is 20.0. The summed E-state index contributed by atoms with van der Waals surface area (Å²) in [6, 6.07) is 12.5. The minimum absolute atomic E-state index is 0.0874. The Morgan fingerprint density at radius 1 is 0.917 bits per heavy atom. The van der Waals surface area contributed by atoms with Crippen LogP contribution in [0.3, 0.4) is 0 Å². The molecular formula is C23H17F3N2O6S2. The van der Waals surface area contributed by atoms with Gasteiger partial charge in [0.05, 0.1) is 18.2 Å². The summed E-state index contributed by atoms with van der Waals surface area (Å²) < 4.78 is 93.8. The van der Waals surface area contributed by atoms with Crippen molar-refractivity contribution in [2.75, 3.05) is 7.11 Å². The molecule has 0 aromatic heterocycles. The van der Waals surface area contributed by atoms with Crippen molar-refractivity contribution >= 4 is 26.0 Å². The van der Waals surface area contributed by atoms with Crippen LogP contribution in [0, 0.1) is 11.8 Å². The topological polar surface area (TPSA) is 133 Å². The molecule has 188 valence electrons. The maximum absolute atomic E-state index is 12.7. The van der Waals surface area contributed by atoms with Crippen LogP contribution in [-0.4, -0.2) is 29.9 Å². The summed E-state index contributed by atoms with van der Waals surface area (Å²) in [5, 5.41) is 5.06. The van der Waals surface area contributed by atoms with Crippen molar-refractivity contribution in [2.24, 2.45) is 5.14 Å². The number of sulfonamides is 2. The van der Waals surface area contributed by atoms with Crippen LogP contribution < -0.4 is 14.6 Å². The second kappa shape index (κ2) is 10.0. The lowest BCUT2D eigenvalue weighted by atomic mass is 10.1. The molecule has 0 saturated carbocycles. The van der Waals surface area contributed by atoms with Gasteiger partial charge in [-0.1, -0.05) is 24.0 Å². The van der Waals surface area contributed by atoms with Gasteiger partial charge in [0.25, 0.3) is 15.9 Å². The fraction of sp³-hybridized carbons (Fsp3) is 0.0870. The first-order chi connectivity index (χ1) is 16.7. The first-order valence-electron chi connectivity index (χ1n) is 9.78. The summed E-state index contributed by atoms with van der Waals surface area (Å²) in [5.41, 5.74) is -0.394. The van der Waals surface area contributed by atoms with Crippen molar-refractivity contribution < 1.29 is 39.5 Å². The monoisotopic (exact) mass is 538 g/mol. The van der Waals surface area contributed by atoms with E-state index in [-0.39, 0.29) is 16.9 Å². The molecule has 0 radical (unpaired) electrons. The van der Waals surface area contributed by atoms with Gasteiger partial charge in [-0.2, -0.15) is 13.2 Å². The minimum atomic E-state index is -4.62. The number of methoxy groups -OCH3 is 1. The summed E-state index contributed by atoms with van der Waals surface area (Å²) in [6.07, 6.45) is -4.47. The summed E-state index contributed by atoms with van der Waals surface area (Å²) in [4.78, 5) is 11.2. The molecule has 0 saturated heterocycles. The summed E-state index contributed by atoms with van der Waals surface area (Å²) in [5.74, 6) is 4.40. The molecule has 0 atom stereocenters. The van der Waals surface area contributed by atoms with Gasteiger partial charge < -0.3 is 4.74 Å². The van der Waals surface area contributed by atoms with Crippen LogP contribution in [0.25, 0.3) is 0 Å². The molecule has 3 aromatic carbocycles. The van der Waals surface area contributed by atoms with Gasteiger partial charge in [0.1, 0.15) is 15.5 Å². The van der Waals surface area contributed by atoms with Crippen LogP contribution in [0.2, 0.25) is 0 Å². The highest BCUT2D eigenvalue weighted by Crippen LogP contribution is 2.29. The van der Waals surface area contributed by atoms with E-state index >= 15 is 0 Å². The molecule has 0 aliphatic rings. The predicted octanol–water partition coefficient (Wildman–Crippen LogP) is 2.88. The molecule has 0 aliphatic heterocycles. The second-order valence-corrected chi connectivity index (χ2v) is 10.3. The van der Waals surface area contributed by atoms with E-state index in [0.717, 1.165) is 24.3 Å². The van der Waals surface area contributed by atoms with Crippen molar-refractivity contribution in [3.05, 3.63) is 89.0 Å². The van der Waals surface area contributed by atoms with E-state index in [9.17, 15) is 34.8 Å². The van der Waals surface area contributed by atoms with E-state index in [4.69, 9.17) is 9.88 Å². The molecule has 0 fully saturated rings. The SMILES string of the molecule is COc1cc(C(=O)NS(=O)(=O)c2ccccc2S(N)(=O)=O)ccc1C#Cc1ccc(C(F)(F)F)cc1. The number of nitrogens with two attached hydrogens (primary N) is 1. The smallest absolute Gasteiger partial charge is 0.416 e. The number of amides is 1. The van der Waals surface area contributed by atoms with Crippen LogP contribution in [0.1, 0.15) is 27.0 Å². The van der Waals surface area contributed by atoms with E-state index in [1.165, 1.54) is 49.6 Å². The molecule has 0 bridgehead atoms. The molecule has 1 amide bonds. The van der Waals surface area contributed by atoms with Crippen LogP contribution in [0.5, 0.6) is 5.75 Å². The first kappa shape index (κ1) is 26.7. The second-order valence-electron chi connectivity index (χ2n) is 7.17. The van der Waals surface area contributed by atoms with Gasteiger partial charge in [-0.25, -0.2) is 26.7 Å². The fourth-order valence-electron chi connectivity index (χ4n) is 2.96. The number of primary sulfonamides is 1. The number of carbonyl (C=O) groups excluding carboxylic acids is 1. The maximum atomic E-state index is 12.7. The Morgan fingerprint density at radius 2 is 1.53 bits per heavy atom. The summed E-state index contributed by atoms with van der Waals surface area (Å²) in [7, 11) is -7.74. The number of ether oxygens (including phenoxy) is 1. The molecule has 0 unspecified atom stereocenters. The number of hydrogen-bond acceptors (Lipinski definition) is 6. The summed E-state index contributed by atoms with van der Waals surface area (Å²) in [6.45, 7) is 0. The Bertz CT molecular complexity index is 1590. The minimum Gasteiger partial charge on any atom is -0.495 e. The van der Waals surface area contributed by atoms with E-state index in [0.29, 0.717) is 5.56 Å². The third kappa shape index (κ3) is 6.22. The lowest BCUT2D eigenvalue weighted by Gasteiger charge is -2.11. The third-order valence-corrected chi connectivity index (χ3v) is 7.18. The Balaban J connectivity index is 1.86. The highest BCUT2D eigenvalue weighted by molar-refractivity contribution is 7.92. The van der Waals surface area contributed by atoms with Gasteiger partial charge in [-0.15, -0.1) is 0 Å².